The van der Waals surface area contributed by atoms with Crippen LogP contribution in [0.2, 0.25) is 5.02 Å². The highest BCUT2D eigenvalue weighted by atomic mass is 35.5. The Labute approximate surface area is 163 Å². The van der Waals surface area contributed by atoms with E-state index in [0.717, 1.165) is 5.75 Å². The van der Waals surface area contributed by atoms with Crippen molar-refractivity contribution in [3.05, 3.63) is 53.1 Å². The number of ether oxygens (including phenoxy) is 3. The number of carbonyl (C=O) groups excluding carboxylic acids is 2. The van der Waals surface area contributed by atoms with Crippen molar-refractivity contribution in [3.8, 4) is 11.5 Å². The summed E-state index contributed by atoms with van der Waals surface area (Å²) in [4.78, 5) is 23.9. The van der Waals surface area contributed by atoms with Crippen molar-refractivity contribution < 1.29 is 23.8 Å². The molecule has 144 valence electrons. The molecule has 27 heavy (non-hydrogen) atoms. The Balaban J connectivity index is 1.79. The van der Waals surface area contributed by atoms with Crippen LogP contribution in [-0.4, -0.2) is 32.2 Å². The van der Waals surface area contributed by atoms with Gasteiger partial charge in [-0.1, -0.05) is 11.6 Å². The molecule has 2 aromatic carbocycles. The minimum absolute atomic E-state index is 0.175. The lowest BCUT2D eigenvalue weighted by molar-refractivity contribution is -0.116. The molecule has 0 aromatic heterocycles. The summed E-state index contributed by atoms with van der Waals surface area (Å²) in [5.74, 6) is 0.775. The van der Waals surface area contributed by atoms with Crippen molar-refractivity contribution in [2.75, 3.05) is 25.6 Å². The largest absolute Gasteiger partial charge is 0.497 e. The standard InChI is InChI=1S/C20H22ClNO5/c1-3-26-20(24)17-13-14(6-11-18(17)21)22-19(23)5-4-12-27-16-9-7-15(25-2)8-10-16/h6-11,13H,3-5,12H2,1-2H3,(H,22,23). The molecule has 7 heteroatoms. The number of carbonyl (C=O) groups is 2. The monoisotopic (exact) mass is 391 g/mol. The molecule has 0 fully saturated rings. The van der Waals surface area contributed by atoms with E-state index in [1.54, 1.807) is 26.2 Å². The normalized spacial score (nSPS) is 10.2. The number of hydrogen-bond donors (Lipinski definition) is 1. The van der Waals surface area contributed by atoms with Gasteiger partial charge < -0.3 is 19.5 Å². The minimum Gasteiger partial charge on any atom is -0.497 e. The molecule has 0 atom stereocenters. The fourth-order valence-electron chi connectivity index (χ4n) is 2.29. The van der Waals surface area contributed by atoms with Gasteiger partial charge in [0, 0.05) is 12.1 Å². The van der Waals surface area contributed by atoms with Crippen LogP contribution in [0.15, 0.2) is 42.5 Å². The van der Waals surface area contributed by atoms with Gasteiger partial charge in [0.05, 0.1) is 30.9 Å². The van der Waals surface area contributed by atoms with Crippen LogP contribution < -0.4 is 14.8 Å². The summed E-state index contributed by atoms with van der Waals surface area (Å²) in [5, 5.41) is 3.02. The van der Waals surface area contributed by atoms with Gasteiger partial charge in [-0.15, -0.1) is 0 Å². The smallest absolute Gasteiger partial charge is 0.339 e. The summed E-state index contributed by atoms with van der Waals surface area (Å²) in [6.07, 6.45) is 0.837. The molecule has 0 aliphatic carbocycles. The van der Waals surface area contributed by atoms with Crippen molar-refractivity contribution in [3.63, 3.8) is 0 Å². The van der Waals surface area contributed by atoms with Crippen molar-refractivity contribution >= 4 is 29.2 Å². The summed E-state index contributed by atoms with van der Waals surface area (Å²) in [5.41, 5.74) is 0.711. The van der Waals surface area contributed by atoms with Gasteiger partial charge >= 0.3 is 5.97 Å². The third-order valence-electron chi connectivity index (χ3n) is 3.62. The van der Waals surface area contributed by atoms with Crippen LogP contribution in [0.5, 0.6) is 11.5 Å². The quantitative estimate of drug-likeness (QED) is 0.509. The van der Waals surface area contributed by atoms with E-state index in [1.165, 1.54) is 6.07 Å². The molecule has 0 spiro atoms. The van der Waals surface area contributed by atoms with E-state index in [4.69, 9.17) is 25.8 Å². The maximum Gasteiger partial charge on any atom is 0.339 e. The topological polar surface area (TPSA) is 73.9 Å². The van der Waals surface area contributed by atoms with E-state index >= 15 is 0 Å². The molecule has 0 unspecified atom stereocenters. The number of amides is 1. The molecule has 0 saturated carbocycles. The van der Waals surface area contributed by atoms with Crippen LogP contribution in [0.3, 0.4) is 0 Å². The number of esters is 1. The van der Waals surface area contributed by atoms with Gasteiger partial charge in [-0.05, 0) is 55.8 Å². The molecule has 0 saturated heterocycles. The van der Waals surface area contributed by atoms with Crippen molar-refractivity contribution in [2.45, 2.75) is 19.8 Å². The van der Waals surface area contributed by atoms with Crippen LogP contribution in [0.4, 0.5) is 5.69 Å². The van der Waals surface area contributed by atoms with Gasteiger partial charge in [-0.3, -0.25) is 4.79 Å². The maximum atomic E-state index is 12.1. The number of hydrogen-bond acceptors (Lipinski definition) is 5. The van der Waals surface area contributed by atoms with Gasteiger partial charge in [0.2, 0.25) is 5.91 Å². The van der Waals surface area contributed by atoms with E-state index in [0.29, 0.717) is 24.5 Å². The molecule has 0 bridgehead atoms. The highest BCUT2D eigenvalue weighted by molar-refractivity contribution is 6.33. The third kappa shape index (κ3) is 6.49. The van der Waals surface area contributed by atoms with Gasteiger partial charge in [0.25, 0.3) is 0 Å². The predicted octanol–water partition coefficient (Wildman–Crippen LogP) is 4.32. The SMILES string of the molecule is CCOC(=O)c1cc(NC(=O)CCCOc2ccc(OC)cc2)ccc1Cl. The first-order valence-corrected chi connectivity index (χ1v) is 8.94. The Morgan fingerprint density at radius 3 is 2.44 bits per heavy atom. The zero-order valence-electron chi connectivity index (χ0n) is 15.3. The van der Waals surface area contributed by atoms with Crippen LogP contribution in [0.1, 0.15) is 30.1 Å². The average Bonchev–Trinajstić information content (AvgIpc) is 2.67. The highest BCUT2D eigenvalue weighted by Crippen LogP contribution is 2.22. The molecular weight excluding hydrogens is 370 g/mol. The molecule has 2 aromatic rings. The molecule has 1 N–H and O–H groups in total. The number of anilines is 1. The molecule has 1 amide bonds. The molecule has 0 aliphatic heterocycles. The molecular formula is C20H22ClNO5. The molecule has 0 radical (unpaired) electrons. The Bertz CT molecular complexity index is 776. The van der Waals surface area contributed by atoms with Crippen LogP contribution in [-0.2, 0) is 9.53 Å². The molecule has 0 heterocycles. The Morgan fingerprint density at radius 1 is 1.07 bits per heavy atom. The second kappa shape index (κ2) is 10.4. The van der Waals surface area contributed by atoms with E-state index in [-0.39, 0.29) is 29.5 Å². The zero-order valence-corrected chi connectivity index (χ0v) is 16.0. The van der Waals surface area contributed by atoms with E-state index in [2.05, 4.69) is 5.32 Å². The first-order valence-electron chi connectivity index (χ1n) is 8.57. The van der Waals surface area contributed by atoms with Crippen LogP contribution >= 0.6 is 11.6 Å². The van der Waals surface area contributed by atoms with E-state index in [9.17, 15) is 9.59 Å². The van der Waals surface area contributed by atoms with Crippen molar-refractivity contribution in [1.82, 2.24) is 0 Å². The van der Waals surface area contributed by atoms with Crippen LogP contribution in [0, 0.1) is 0 Å². The number of rotatable bonds is 9. The first kappa shape index (κ1) is 20.6. The number of halogens is 1. The van der Waals surface area contributed by atoms with Crippen LogP contribution in [0.25, 0.3) is 0 Å². The first-order chi connectivity index (χ1) is 13.0. The van der Waals surface area contributed by atoms with E-state index < -0.39 is 5.97 Å². The lowest BCUT2D eigenvalue weighted by Crippen LogP contribution is -2.14. The zero-order chi connectivity index (χ0) is 19.6. The summed E-state index contributed by atoms with van der Waals surface area (Å²) in [7, 11) is 1.60. The van der Waals surface area contributed by atoms with Gasteiger partial charge in [-0.25, -0.2) is 4.79 Å². The number of benzene rings is 2. The fraction of sp³-hybridized carbons (Fsp3) is 0.300. The van der Waals surface area contributed by atoms with Crippen molar-refractivity contribution in [1.29, 1.82) is 0 Å². The predicted molar refractivity (Wildman–Crippen MR) is 104 cm³/mol. The number of methoxy groups -OCH3 is 1. The average molecular weight is 392 g/mol. The fourth-order valence-corrected chi connectivity index (χ4v) is 2.48. The summed E-state index contributed by atoms with van der Waals surface area (Å²) < 4.78 is 15.6. The second-order valence-corrected chi connectivity index (χ2v) is 6.00. The summed E-state index contributed by atoms with van der Waals surface area (Å²) in [6, 6.07) is 11.9. The minimum atomic E-state index is -0.522. The maximum absolute atomic E-state index is 12.1. The third-order valence-corrected chi connectivity index (χ3v) is 3.95. The van der Waals surface area contributed by atoms with E-state index in [1.807, 2.05) is 24.3 Å². The second-order valence-electron chi connectivity index (χ2n) is 5.59. The number of nitrogens with one attached hydrogen (secondary N) is 1. The lowest BCUT2D eigenvalue weighted by atomic mass is 10.2. The van der Waals surface area contributed by atoms with Gasteiger partial charge in [0.15, 0.2) is 0 Å². The lowest BCUT2D eigenvalue weighted by Gasteiger charge is -2.09. The summed E-state index contributed by atoms with van der Waals surface area (Å²) >= 11 is 6.01. The molecule has 0 aliphatic rings. The highest BCUT2D eigenvalue weighted by Gasteiger charge is 2.13. The summed E-state index contributed by atoms with van der Waals surface area (Å²) in [6.45, 7) is 2.37. The van der Waals surface area contributed by atoms with Crippen molar-refractivity contribution in [2.24, 2.45) is 0 Å². The Hall–Kier alpha value is -2.73. The van der Waals surface area contributed by atoms with Gasteiger partial charge in [-0.2, -0.15) is 0 Å². The Kier molecular flexibility index (Phi) is 7.95. The van der Waals surface area contributed by atoms with Gasteiger partial charge in [0.1, 0.15) is 11.5 Å². The molecule has 6 nitrogen and oxygen atoms in total. The molecule has 2 rings (SSSR count). The Morgan fingerprint density at radius 2 is 1.78 bits per heavy atom.